The van der Waals surface area contributed by atoms with E-state index in [9.17, 15) is 18.0 Å². The Bertz CT molecular complexity index is 1220. The van der Waals surface area contributed by atoms with Gasteiger partial charge in [-0.15, -0.1) is 11.3 Å². The molecule has 0 fully saturated rings. The Morgan fingerprint density at radius 3 is 2.50 bits per heavy atom. The summed E-state index contributed by atoms with van der Waals surface area (Å²) in [6.45, 7) is 5.79. The number of amides is 1. The van der Waals surface area contributed by atoms with Gasteiger partial charge in [-0.3, -0.25) is 9.20 Å². The van der Waals surface area contributed by atoms with Gasteiger partial charge in [0.1, 0.15) is 16.3 Å². The van der Waals surface area contributed by atoms with E-state index in [-0.39, 0.29) is 23.6 Å². The second-order valence-electron chi connectivity index (χ2n) is 8.23. The van der Waals surface area contributed by atoms with E-state index in [1.54, 1.807) is 0 Å². The fourth-order valence-electron chi connectivity index (χ4n) is 3.14. The molecule has 0 radical (unpaired) electrons. The molecule has 0 saturated carbocycles. The van der Waals surface area contributed by atoms with Gasteiger partial charge in [0.05, 0.1) is 15.8 Å². The number of thiazole rings is 1. The van der Waals surface area contributed by atoms with Crippen molar-refractivity contribution < 1.29 is 18.0 Å². The zero-order valence-electron chi connectivity index (χ0n) is 16.5. The standard InChI is InChI=1S/C21H19F3N4OS/c1-20(2,3)10-16(29)27-18-17(19-25-13-6-4-5-7-14(13)30-19)28-11-12(21(22,23)24)8-9-15(28)26-18/h4-9,11H,10H2,1-3H3,(H,27,29). The van der Waals surface area contributed by atoms with Crippen molar-refractivity contribution in [3.63, 3.8) is 0 Å². The van der Waals surface area contributed by atoms with Gasteiger partial charge in [-0.2, -0.15) is 13.2 Å². The average molecular weight is 432 g/mol. The number of benzene rings is 1. The molecule has 0 unspecified atom stereocenters. The summed E-state index contributed by atoms with van der Waals surface area (Å²) in [5, 5.41) is 3.25. The van der Waals surface area contributed by atoms with Crippen molar-refractivity contribution in [3.8, 4) is 10.7 Å². The number of hydrogen-bond donors (Lipinski definition) is 1. The predicted octanol–water partition coefficient (Wildman–Crippen LogP) is 6.00. The maximum absolute atomic E-state index is 13.3. The Balaban J connectivity index is 1.89. The summed E-state index contributed by atoms with van der Waals surface area (Å²) in [4.78, 5) is 21.5. The molecule has 156 valence electrons. The van der Waals surface area contributed by atoms with E-state index in [2.05, 4.69) is 15.3 Å². The summed E-state index contributed by atoms with van der Waals surface area (Å²) < 4.78 is 42.1. The molecule has 1 N–H and O–H groups in total. The monoisotopic (exact) mass is 432 g/mol. The first-order chi connectivity index (χ1) is 14.0. The van der Waals surface area contributed by atoms with Crippen LogP contribution in [0.4, 0.5) is 19.0 Å². The normalized spacial score (nSPS) is 12.6. The number of carbonyl (C=O) groups excluding carboxylic acids is 1. The SMILES string of the molecule is CC(C)(C)CC(=O)Nc1nc2ccc(C(F)(F)F)cn2c1-c1nc2ccccc2s1. The Morgan fingerprint density at radius 1 is 1.10 bits per heavy atom. The van der Waals surface area contributed by atoms with Crippen molar-refractivity contribution in [2.75, 3.05) is 5.32 Å². The number of rotatable bonds is 3. The van der Waals surface area contributed by atoms with E-state index in [0.717, 1.165) is 22.5 Å². The molecule has 9 heteroatoms. The Hall–Kier alpha value is -2.94. The molecule has 1 aromatic carbocycles. The molecular weight excluding hydrogens is 413 g/mol. The second kappa shape index (κ2) is 7.09. The van der Waals surface area contributed by atoms with E-state index in [1.807, 2.05) is 45.0 Å². The number of pyridine rings is 1. The summed E-state index contributed by atoms with van der Waals surface area (Å²) in [5.41, 5.74) is 0.305. The van der Waals surface area contributed by atoms with Crippen molar-refractivity contribution in [2.24, 2.45) is 5.41 Å². The number of fused-ring (bicyclic) bond motifs is 2. The summed E-state index contributed by atoms with van der Waals surface area (Å²) >= 11 is 1.33. The molecule has 0 saturated heterocycles. The minimum absolute atomic E-state index is 0.197. The average Bonchev–Trinajstić information content (AvgIpc) is 3.18. The predicted molar refractivity (Wildman–Crippen MR) is 112 cm³/mol. The van der Waals surface area contributed by atoms with Gasteiger partial charge in [0.25, 0.3) is 0 Å². The molecule has 4 aromatic rings. The van der Waals surface area contributed by atoms with Gasteiger partial charge in [-0.05, 0) is 29.7 Å². The van der Waals surface area contributed by atoms with Crippen LogP contribution in [0, 0.1) is 5.41 Å². The molecule has 0 spiro atoms. The topological polar surface area (TPSA) is 59.3 Å². The van der Waals surface area contributed by atoms with E-state index in [0.29, 0.717) is 16.3 Å². The number of carbonyl (C=O) groups is 1. The van der Waals surface area contributed by atoms with Crippen LogP contribution in [0.5, 0.6) is 0 Å². The Morgan fingerprint density at radius 2 is 1.83 bits per heavy atom. The number of nitrogens with zero attached hydrogens (tertiary/aromatic N) is 3. The lowest BCUT2D eigenvalue weighted by Gasteiger charge is -2.16. The van der Waals surface area contributed by atoms with Crippen LogP contribution < -0.4 is 5.32 Å². The van der Waals surface area contributed by atoms with Crippen molar-refractivity contribution in [1.29, 1.82) is 0 Å². The number of aromatic nitrogens is 3. The molecule has 0 bridgehead atoms. The molecular formula is C21H19F3N4OS. The highest BCUT2D eigenvalue weighted by Crippen LogP contribution is 2.37. The van der Waals surface area contributed by atoms with Gasteiger partial charge in [0.2, 0.25) is 5.91 Å². The zero-order chi connectivity index (χ0) is 21.7. The third-order valence-electron chi connectivity index (χ3n) is 4.39. The summed E-state index contributed by atoms with van der Waals surface area (Å²) in [5.74, 6) is -0.0630. The van der Waals surface area contributed by atoms with Gasteiger partial charge in [0.15, 0.2) is 5.82 Å². The van der Waals surface area contributed by atoms with Crippen LogP contribution in [0.2, 0.25) is 0 Å². The van der Waals surface area contributed by atoms with Crippen LogP contribution in [0.25, 0.3) is 26.6 Å². The number of imidazole rings is 1. The summed E-state index contributed by atoms with van der Waals surface area (Å²) in [7, 11) is 0. The van der Waals surface area contributed by atoms with Crippen molar-refractivity contribution in [1.82, 2.24) is 14.4 Å². The van der Waals surface area contributed by atoms with E-state index in [4.69, 9.17) is 0 Å². The fraction of sp³-hybridized carbons (Fsp3) is 0.286. The molecule has 0 atom stereocenters. The van der Waals surface area contributed by atoms with Gasteiger partial charge >= 0.3 is 6.18 Å². The first-order valence-corrected chi connectivity index (χ1v) is 10.1. The van der Waals surface area contributed by atoms with Gasteiger partial charge in [-0.1, -0.05) is 32.9 Å². The van der Waals surface area contributed by atoms with Crippen molar-refractivity contribution >= 4 is 38.9 Å². The molecule has 0 aliphatic rings. The molecule has 5 nitrogen and oxygen atoms in total. The molecule has 1 amide bonds. The minimum atomic E-state index is -4.50. The smallest absolute Gasteiger partial charge is 0.309 e. The van der Waals surface area contributed by atoms with Crippen LogP contribution in [-0.4, -0.2) is 20.3 Å². The summed E-state index contributed by atoms with van der Waals surface area (Å²) in [6.07, 6.45) is -3.27. The number of hydrogen-bond acceptors (Lipinski definition) is 4. The number of alkyl halides is 3. The first kappa shape index (κ1) is 20.3. The van der Waals surface area contributed by atoms with Crippen molar-refractivity contribution in [2.45, 2.75) is 33.4 Å². The lowest BCUT2D eigenvalue weighted by atomic mass is 9.92. The molecule has 0 aliphatic heterocycles. The van der Waals surface area contributed by atoms with Crippen LogP contribution in [0.1, 0.15) is 32.8 Å². The Labute approximate surface area is 174 Å². The minimum Gasteiger partial charge on any atom is -0.309 e. The number of halogens is 3. The first-order valence-electron chi connectivity index (χ1n) is 9.26. The van der Waals surface area contributed by atoms with Crippen LogP contribution in [0.15, 0.2) is 42.6 Å². The molecule has 4 rings (SSSR count). The molecule has 30 heavy (non-hydrogen) atoms. The third-order valence-corrected chi connectivity index (χ3v) is 5.43. The Kier molecular flexibility index (Phi) is 4.80. The van der Waals surface area contributed by atoms with Crippen LogP contribution in [0.3, 0.4) is 0 Å². The van der Waals surface area contributed by atoms with Gasteiger partial charge in [-0.25, -0.2) is 9.97 Å². The molecule has 3 heterocycles. The third kappa shape index (κ3) is 4.02. The number of para-hydroxylation sites is 1. The lowest BCUT2D eigenvalue weighted by molar-refractivity contribution is -0.137. The van der Waals surface area contributed by atoms with E-state index in [1.165, 1.54) is 21.8 Å². The quantitative estimate of drug-likeness (QED) is 0.432. The van der Waals surface area contributed by atoms with Crippen LogP contribution in [-0.2, 0) is 11.0 Å². The highest BCUT2D eigenvalue weighted by Gasteiger charge is 2.32. The lowest BCUT2D eigenvalue weighted by Crippen LogP contribution is -2.20. The number of nitrogens with one attached hydrogen (secondary N) is 1. The van der Waals surface area contributed by atoms with E-state index >= 15 is 0 Å². The zero-order valence-corrected chi connectivity index (χ0v) is 17.4. The highest BCUT2D eigenvalue weighted by molar-refractivity contribution is 7.21. The highest BCUT2D eigenvalue weighted by atomic mass is 32.1. The largest absolute Gasteiger partial charge is 0.417 e. The fourth-order valence-corrected chi connectivity index (χ4v) is 4.14. The summed E-state index contributed by atoms with van der Waals surface area (Å²) in [6, 6.07) is 9.70. The van der Waals surface area contributed by atoms with Crippen LogP contribution >= 0.6 is 11.3 Å². The number of anilines is 1. The molecule has 0 aliphatic carbocycles. The maximum atomic E-state index is 13.3. The maximum Gasteiger partial charge on any atom is 0.417 e. The van der Waals surface area contributed by atoms with Gasteiger partial charge in [0, 0.05) is 12.6 Å². The van der Waals surface area contributed by atoms with Gasteiger partial charge < -0.3 is 5.32 Å². The van der Waals surface area contributed by atoms with E-state index < -0.39 is 11.7 Å². The second-order valence-corrected chi connectivity index (χ2v) is 9.26. The molecule has 3 aromatic heterocycles. The van der Waals surface area contributed by atoms with Crippen molar-refractivity contribution in [3.05, 3.63) is 48.2 Å².